The van der Waals surface area contributed by atoms with Crippen molar-refractivity contribution in [1.29, 1.82) is 0 Å². The Bertz CT molecular complexity index is 946. The fourth-order valence-electron chi connectivity index (χ4n) is 2.36. The van der Waals surface area contributed by atoms with Gasteiger partial charge in [-0.25, -0.2) is 8.42 Å². The van der Waals surface area contributed by atoms with Gasteiger partial charge in [0, 0.05) is 9.26 Å². The average molecular weight is 532 g/mol. The number of aliphatic hydroxyl groups excluding tert-OH is 1. The molecule has 156 valence electrons. The summed E-state index contributed by atoms with van der Waals surface area (Å²) in [6.45, 7) is 1.31. The number of benzene rings is 2. The summed E-state index contributed by atoms with van der Waals surface area (Å²) < 4.78 is 32.8. The average Bonchev–Trinajstić information content (AvgIpc) is 2.68. The summed E-state index contributed by atoms with van der Waals surface area (Å²) in [5.41, 5.74) is 1.11. The first-order valence-corrected chi connectivity index (χ1v) is 11.3. The standard InChI is InChI=1S/C19H21IN2O6S/c1-2-28-18(24)11-13-3-7-15(8-4-13)21-19(25)17(12-23)22-29(26,27)16-9-5-14(20)6-10-16/h3-10,17,22-23H,2,11-12H2,1H3,(H,21,25)/t17-/m0/s1. The highest BCUT2D eigenvalue weighted by Crippen LogP contribution is 2.14. The lowest BCUT2D eigenvalue weighted by Crippen LogP contribution is -2.46. The third-order valence-corrected chi connectivity index (χ3v) is 6.00. The van der Waals surface area contributed by atoms with Crippen molar-refractivity contribution in [1.82, 2.24) is 4.72 Å². The van der Waals surface area contributed by atoms with Crippen LogP contribution in [0.3, 0.4) is 0 Å². The summed E-state index contributed by atoms with van der Waals surface area (Å²) in [6, 6.07) is 11.2. The van der Waals surface area contributed by atoms with E-state index in [-0.39, 0.29) is 17.3 Å². The van der Waals surface area contributed by atoms with Crippen molar-refractivity contribution >= 4 is 50.2 Å². The Hall–Kier alpha value is -2.02. The number of sulfonamides is 1. The van der Waals surface area contributed by atoms with Crippen LogP contribution in [0.25, 0.3) is 0 Å². The van der Waals surface area contributed by atoms with Crippen LogP contribution < -0.4 is 10.0 Å². The molecular formula is C19H21IN2O6S. The Morgan fingerprint density at radius 2 is 1.72 bits per heavy atom. The first-order chi connectivity index (χ1) is 13.7. The molecule has 0 unspecified atom stereocenters. The molecule has 0 saturated carbocycles. The van der Waals surface area contributed by atoms with Crippen LogP contribution in [0.2, 0.25) is 0 Å². The summed E-state index contributed by atoms with van der Waals surface area (Å²) in [6.07, 6.45) is 0.108. The van der Waals surface area contributed by atoms with E-state index in [1.54, 1.807) is 43.3 Å². The molecule has 0 aliphatic heterocycles. The van der Waals surface area contributed by atoms with Gasteiger partial charge in [-0.1, -0.05) is 12.1 Å². The summed E-state index contributed by atoms with van der Waals surface area (Å²) in [7, 11) is -3.98. The first kappa shape index (κ1) is 23.3. The van der Waals surface area contributed by atoms with Crippen LogP contribution in [0.5, 0.6) is 0 Å². The van der Waals surface area contributed by atoms with Gasteiger partial charge in [-0.05, 0) is 71.5 Å². The molecule has 0 bridgehead atoms. The number of hydrogen-bond acceptors (Lipinski definition) is 6. The topological polar surface area (TPSA) is 122 Å². The number of nitrogens with one attached hydrogen (secondary N) is 2. The van der Waals surface area contributed by atoms with Gasteiger partial charge in [0.15, 0.2) is 0 Å². The van der Waals surface area contributed by atoms with Crippen molar-refractivity contribution in [2.45, 2.75) is 24.3 Å². The Morgan fingerprint density at radius 1 is 1.10 bits per heavy atom. The van der Waals surface area contributed by atoms with Gasteiger partial charge in [0.1, 0.15) is 6.04 Å². The second-order valence-corrected chi connectivity index (χ2v) is 8.94. The zero-order valence-corrected chi connectivity index (χ0v) is 18.6. The lowest BCUT2D eigenvalue weighted by Gasteiger charge is -2.16. The predicted molar refractivity (Wildman–Crippen MR) is 116 cm³/mol. The van der Waals surface area contributed by atoms with Crippen molar-refractivity contribution < 1.29 is 27.9 Å². The number of carbonyl (C=O) groups excluding carboxylic acids is 2. The van der Waals surface area contributed by atoms with Gasteiger partial charge in [0.05, 0.1) is 24.5 Å². The predicted octanol–water partition coefficient (Wildman–Crippen LogP) is 1.67. The smallest absolute Gasteiger partial charge is 0.310 e. The Morgan fingerprint density at radius 3 is 2.28 bits per heavy atom. The van der Waals surface area contributed by atoms with Crippen LogP contribution >= 0.6 is 22.6 Å². The van der Waals surface area contributed by atoms with Gasteiger partial charge in [0.2, 0.25) is 15.9 Å². The maximum Gasteiger partial charge on any atom is 0.310 e. The number of halogens is 1. The van der Waals surface area contributed by atoms with E-state index in [2.05, 4.69) is 10.0 Å². The quantitative estimate of drug-likeness (QED) is 0.334. The molecule has 1 atom stereocenters. The summed E-state index contributed by atoms with van der Waals surface area (Å²) in [5, 5.41) is 12.0. The lowest BCUT2D eigenvalue weighted by molar-refractivity contribution is -0.142. The molecule has 29 heavy (non-hydrogen) atoms. The van der Waals surface area contributed by atoms with E-state index in [4.69, 9.17) is 4.74 Å². The minimum atomic E-state index is -3.98. The molecule has 10 heteroatoms. The van der Waals surface area contributed by atoms with E-state index in [9.17, 15) is 23.1 Å². The van der Waals surface area contributed by atoms with Crippen LogP contribution in [0, 0.1) is 3.57 Å². The molecule has 0 spiro atoms. The first-order valence-electron chi connectivity index (χ1n) is 8.69. The number of anilines is 1. The molecule has 0 heterocycles. The highest BCUT2D eigenvalue weighted by Gasteiger charge is 2.25. The van der Waals surface area contributed by atoms with Crippen molar-refractivity contribution in [2.75, 3.05) is 18.5 Å². The van der Waals surface area contributed by atoms with Crippen molar-refractivity contribution in [3.63, 3.8) is 0 Å². The van der Waals surface area contributed by atoms with E-state index < -0.39 is 28.6 Å². The van der Waals surface area contributed by atoms with E-state index in [1.165, 1.54) is 12.1 Å². The number of carbonyl (C=O) groups is 2. The molecule has 2 aromatic carbocycles. The molecule has 0 saturated heterocycles. The maximum absolute atomic E-state index is 12.4. The van der Waals surface area contributed by atoms with Gasteiger partial charge in [0.25, 0.3) is 0 Å². The molecule has 0 aromatic heterocycles. The maximum atomic E-state index is 12.4. The largest absolute Gasteiger partial charge is 0.466 e. The second-order valence-electron chi connectivity index (χ2n) is 5.98. The normalized spacial score (nSPS) is 12.2. The van der Waals surface area contributed by atoms with Gasteiger partial charge in [-0.15, -0.1) is 0 Å². The number of ether oxygens (including phenoxy) is 1. The molecule has 0 aliphatic rings. The molecule has 2 rings (SSSR count). The van der Waals surface area contributed by atoms with Crippen molar-refractivity contribution in [3.8, 4) is 0 Å². The molecule has 8 nitrogen and oxygen atoms in total. The third kappa shape index (κ3) is 7.07. The third-order valence-electron chi connectivity index (χ3n) is 3.80. The zero-order chi connectivity index (χ0) is 21.4. The number of rotatable bonds is 9. The Labute approximate surface area is 182 Å². The number of amides is 1. The number of aliphatic hydroxyl groups is 1. The highest BCUT2D eigenvalue weighted by molar-refractivity contribution is 14.1. The molecular weight excluding hydrogens is 511 g/mol. The monoisotopic (exact) mass is 532 g/mol. The van der Waals surface area contributed by atoms with E-state index in [0.717, 1.165) is 3.57 Å². The molecule has 0 fully saturated rings. The molecule has 3 N–H and O–H groups in total. The molecule has 0 radical (unpaired) electrons. The van der Waals surface area contributed by atoms with Gasteiger partial charge < -0.3 is 15.2 Å². The number of esters is 1. The van der Waals surface area contributed by atoms with Crippen LogP contribution in [0.1, 0.15) is 12.5 Å². The van der Waals surface area contributed by atoms with Gasteiger partial charge in [-0.3, -0.25) is 9.59 Å². The minimum absolute atomic E-state index is 0.00696. The fourth-order valence-corrected chi connectivity index (χ4v) is 3.90. The summed E-state index contributed by atoms with van der Waals surface area (Å²) >= 11 is 2.05. The van der Waals surface area contributed by atoms with E-state index >= 15 is 0 Å². The van der Waals surface area contributed by atoms with Gasteiger partial charge in [-0.2, -0.15) is 4.72 Å². The summed E-state index contributed by atoms with van der Waals surface area (Å²) in [5.74, 6) is -1.06. The van der Waals surface area contributed by atoms with E-state index in [1.807, 2.05) is 22.6 Å². The zero-order valence-electron chi connectivity index (χ0n) is 15.6. The van der Waals surface area contributed by atoms with Crippen LogP contribution in [-0.2, 0) is 30.8 Å². The summed E-state index contributed by atoms with van der Waals surface area (Å²) in [4.78, 5) is 23.9. The van der Waals surface area contributed by atoms with Crippen LogP contribution in [0.4, 0.5) is 5.69 Å². The van der Waals surface area contributed by atoms with Crippen LogP contribution in [-0.4, -0.2) is 44.7 Å². The fraction of sp³-hybridized carbons (Fsp3) is 0.263. The molecule has 1 amide bonds. The number of hydrogen-bond donors (Lipinski definition) is 3. The molecule has 0 aliphatic carbocycles. The Balaban J connectivity index is 2.02. The minimum Gasteiger partial charge on any atom is -0.466 e. The molecule has 2 aromatic rings. The lowest BCUT2D eigenvalue weighted by atomic mass is 10.1. The SMILES string of the molecule is CCOC(=O)Cc1ccc(NC(=O)[C@H](CO)NS(=O)(=O)c2ccc(I)cc2)cc1. The second kappa shape index (κ2) is 10.7. The van der Waals surface area contributed by atoms with Crippen molar-refractivity contribution in [2.24, 2.45) is 0 Å². The van der Waals surface area contributed by atoms with Gasteiger partial charge >= 0.3 is 5.97 Å². The van der Waals surface area contributed by atoms with Crippen LogP contribution in [0.15, 0.2) is 53.4 Å². The van der Waals surface area contributed by atoms with Crippen molar-refractivity contribution in [3.05, 3.63) is 57.7 Å². The Kier molecular flexibility index (Phi) is 8.56. The highest BCUT2D eigenvalue weighted by atomic mass is 127. The van der Waals surface area contributed by atoms with E-state index in [0.29, 0.717) is 17.9 Å².